The molecule has 0 saturated heterocycles. The zero-order valence-corrected chi connectivity index (χ0v) is 9.93. The van der Waals surface area contributed by atoms with Crippen molar-refractivity contribution < 1.29 is 0 Å². The summed E-state index contributed by atoms with van der Waals surface area (Å²) >= 11 is 0. The molecule has 2 aromatic rings. The Kier molecular flexibility index (Phi) is 2.44. The van der Waals surface area contributed by atoms with Crippen LogP contribution in [-0.2, 0) is 12.8 Å². The van der Waals surface area contributed by atoms with Crippen LogP contribution in [0.3, 0.4) is 0 Å². The number of aryl methyl sites for hydroxylation is 2. The number of rotatable bonds is 2. The van der Waals surface area contributed by atoms with Crippen molar-refractivity contribution in [2.24, 2.45) is 5.73 Å². The second kappa shape index (κ2) is 3.96. The minimum Gasteiger partial charge on any atom is -0.323 e. The molecule has 1 heterocycles. The first kappa shape index (κ1) is 10.5. The fourth-order valence-corrected chi connectivity index (χ4v) is 2.31. The molecule has 1 atom stereocenters. The molecule has 0 saturated carbocycles. The largest absolute Gasteiger partial charge is 0.323 e. The van der Waals surface area contributed by atoms with Crippen LogP contribution in [0.1, 0.15) is 36.2 Å². The Morgan fingerprint density at radius 1 is 1.29 bits per heavy atom. The predicted molar refractivity (Wildman–Crippen MR) is 66.0 cm³/mol. The molecule has 0 bridgehead atoms. The van der Waals surface area contributed by atoms with Crippen molar-refractivity contribution in [2.45, 2.75) is 32.2 Å². The number of hydrogen-bond acceptors (Lipinski definition) is 3. The van der Waals surface area contributed by atoms with Gasteiger partial charge < -0.3 is 5.73 Å². The third-order valence-corrected chi connectivity index (χ3v) is 3.32. The minimum absolute atomic E-state index is 0.0711. The molecule has 1 aromatic heterocycles. The van der Waals surface area contributed by atoms with Gasteiger partial charge in [0.1, 0.15) is 0 Å². The second-order valence-corrected chi connectivity index (χ2v) is 4.68. The van der Waals surface area contributed by atoms with Gasteiger partial charge >= 0.3 is 0 Å². The quantitative estimate of drug-likeness (QED) is 0.852. The Morgan fingerprint density at radius 3 is 2.88 bits per heavy atom. The van der Waals surface area contributed by atoms with E-state index in [1.54, 1.807) is 4.68 Å². The van der Waals surface area contributed by atoms with Crippen LogP contribution in [0.5, 0.6) is 0 Å². The molecule has 0 radical (unpaired) electrons. The SMILES string of the molecule is CC(N)c1cn(-c2ccc3c(c2)CCC3)nn1. The summed E-state index contributed by atoms with van der Waals surface area (Å²) in [5, 5.41) is 8.19. The second-order valence-electron chi connectivity index (χ2n) is 4.68. The van der Waals surface area contributed by atoms with Crippen LogP contribution < -0.4 is 5.73 Å². The highest BCUT2D eigenvalue weighted by Gasteiger charge is 2.12. The van der Waals surface area contributed by atoms with Gasteiger partial charge in [-0.3, -0.25) is 0 Å². The molecular formula is C13H16N4. The first-order chi connectivity index (χ1) is 8.24. The van der Waals surface area contributed by atoms with Crippen molar-refractivity contribution in [1.29, 1.82) is 0 Å². The molecule has 17 heavy (non-hydrogen) atoms. The maximum atomic E-state index is 5.78. The van der Waals surface area contributed by atoms with Crippen LogP contribution in [0, 0.1) is 0 Å². The van der Waals surface area contributed by atoms with Crippen molar-refractivity contribution in [3.63, 3.8) is 0 Å². The van der Waals surface area contributed by atoms with Gasteiger partial charge in [-0.1, -0.05) is 11.3 Å². The van der Waals surface area contributed by atoms with Gasteiger partial charge in [0.05, 0.1) is 17.6 Å². The molecular weight excluding hydrogens is 212 g/mol. The molecule has 0 amide bonds. The third-order valence-electron chi connectivity index (χ3n) is 3.32. The number of aromatic nitrogens is 3. The molecule has 4 heteroatoms. The molecule has 88 valence electrons. The van der Waals surface area contributed by atoms with Gasteiger partial charge in [0, 0.05) is 6.04 Å². The van der Waals surface area contributed by atoms with E-state index in [9.17, 15) is 0 Å². The summed E-state index contributed by atoms with van der Waals surface area (Å²) < 4.78 is 1.80. The lowest BCUT2D eigenvalue weighted by molar-refractivity contribution is 0.756. The molecule has 0 fully saturated rings. The highest BCUT2D eigenvalue weighted by molar-refractivity contribution is 5.42. The first-order valence-corrected chi connectivity index (χ1v) is 6.04. The molecule has 3 rings (SSSR count). The Hall–Kier alpha value is -1.68. The van der Waals surface area contributed by atoms with Gasteiger partial charge in [0.15, 0.2) is 0 Å². The summed E-state index contributed by atoms with van der Waals surface area (Å²) in [5.41, 5.74) is 10.6. The molecule has 0 spiro atoms. The Bertz CT molecular complexity index is 542. The summed E-state index contributed by atoms with van der Waals surface area (Å²) in [4.78, 5) is 0. The molecule has 1 aliphatic rings. The first-order valence-electron chi connectivity index (χ1n) is 6.04. The van der Waals surface area contributed by atoms with Crippen molar-refractivity contribution in [1.82, 2.24) is 15.0 Å². The third kappa shape index (κ3) is 1.85. The van der Waals surface area contributed by atoms with Gasteiger partial charge in [-0.2, -0.15) is 0 Å². The fraction of sp³-hybridized carbons (Fsp3) is 0.385. The average Bonchev–Trinajstić information content (AvgIpc) is 2.97. The summed E-state index contributed by atoms with van der Waals surface area (Å²) in [7, 11) is 0. The van der Waals surface area contributed by atoms with Gasteiger partial charge in [-0.25, -0.2) is 4.68 Å². The van der Waals surface area contributed by atoms with Gasteiger partial charge in [-0.15, -0.1) is 5.10 Å². The summed E-state index contributed by atoms with van der Waals surface area (Å²) in [6.45, 7) is 1.91. The minimum atomic E-state index is -0.0711. The lowest BCUT2D eigenvalue weighted by atomic mass is 10.1. The highest BCUT2D eigenvalue weighted by Crippen LogP contribution is 2.24. The Morgan fingerprint density at radius 2 is 2.12 bits per heavy atom. The summed E-state index contributed by atoms with van der Waals surface area (Å²) in [6, 6.07) is 6.44. The summed E-state index contributed by atoms with van der Waals surface area (Å²) in [5.74, 6) is 0. The number of benzene rings is 1. The lowest BCUT2D eigenvalue weighted by Gasteiger charge is -2.04. The zero-order chi connectivity index (χ0) is 11.8. The number of nitrogens with two attached hydrogens (primary N) is 1. The topological polar surface area (TPSA) is 56.7 Å². The molecule has 1 aromatic carbocycles. The van der Waals surface area contributed by atoms with E-state index in [-0.39, 0.29) is 6.04 Å². The highest BCUT2D eigenvalue weighted by atomic mass is 15.4. The van der Waals surface area contributed by atoms with Crippen LogP contribution >= 0.6 is 0 Å². The van der Waals surface area contributed by atoms with Crippen molar-refractivity contribution in [2.75, 3.05) is 0 Å². The number of fused-ring (bicyclic) bond motifs is 1. The fourth-order valence-electron chi connectivity index (χ4n) is 2.31. The van der Waals surface area contributed by atoms with E-state index < -0.39 is 0 Å². The molecule has 0 aliphatic heterocycles. The van der Waals surface area contributed by atoms with E-state index in [1.165, 1.54) is 30.4 Å². The van der Waals surface area contributed by atoms with Crippen LogP contribution in [0.2, 0.25) is 0 Å². The van der Waals surface area contributed by atoms with Crippen LogP contribution in [-0.4, -0.2) is 15.0 Å². The zero-order valence-electron chi connectivity index (χ0n) is 9.93. The van der Waals surface area contributed by atoms with E-state index >= 15 is 0 Å². The maximum Gasteiger partial charge on any atom is 0.0995 e. The monoisotopic (exact) mass is 228 g/mol. The van der Waals surface area contributed by atoms with Crippen LogP contribution in [0.4, 0.5) is 0 Å². The van der Waals surface area contributed by atoms with Crippen molar-refractivity contribution in [3.8, 4) is 5.69 Å². The summed E-state index contributed by atoms with van der Waals surface area (Å²) in [6.07, 6.45) is 5.55. The van der Waals surface area contributed by atoms with E-state index in [0.29, 0.717) is 0 Å². The average molecular weight is 228 g/mol. The Balaban J connectivity index is 1.97. The predicted octanol–water partition coefficient (Wildman–Crippen LogP) is 1.78. The van der Waals surface area contributed by atoms with E-state index in [1.807, 2.05) is 13.1 Å². The van der Waals surface area contributed by atoms with E-state index in [4.69, 9.17) is 5.73 Å². The van der Waals surface area contributed by atoms with Gasteiger partial charge in [-0.05, 0) is 49.4 Å². The van der Waals surface area contributed by atoms with E-state index in [0.717, 1.165) is 11.4 Å². The van der Waals surface area contributed by atoms with Crippen LogP contribution in [0.15, 0.2) is 24.4 Å². The molecule has 4 nitrogen and oxygen atoms in total. The standard InChI is InChI=1S/C13H16N4/c1-9(14)13-8-17(16-15-13)12-6-5-10-3-2-4-11(10)7-12/h5-9H,2-4,14H2,1H3. The van der Waals surface area contributed by atoms with Crippen molar-refractivity contribution in [3.05, 3.63) is 41.2 Å². The van der Waals surface area contributed by atoms with Gasteiger partial charge in [0.25, 0.3) is 0 Å². The van der Waals surface area contributed by atoms with Gasteiger partial charge in [0.2, 0.25) is 0 Å². The maximum absolute atomic E-state index is 5.78. The normalized spacial score (nSPS) is 15.9. The van der Waals surface area contributed by atoms with Crippen LogP contribution in [0.25, 0.3) is 5.69 Å². The Labute approximate surface area is 100 Å². The van der Waals surface area contributed by atoms with Crippen molar-refractivity contribution >= 4 is 0 Å². The lowest BCUT2D eigenvalue weighted by Crippen LogP contribution is -2.04. The number of hydrogen-bond donors (Lipinski definition) is 1. The number of nitrogens with zero attached hydrogens (tertiary/aromatic N) is 3. The molecule has 1 unspecified atom stereocenters. The van der Waals surface area contributed by atoms with E-state index in [2.05, 4.69) is 28.5 Å². The molecule has 2 N–H and O–H groups in total. The smallest absolute Gasteiger partial charge is 0.0995 e. The molecule has 1 aliphatic carbocycles.